The number of hydrogen-bond acceptors (Lipinski definition) is 1. The Morgan fingerprint density at radius 2 is 1.92 bits per heavy atom. The number of allylic oxidation sites excluding steroid dienone is 4. The van der Waals surface area contributed by atoms with Crippen LogP contribution in [0, 0.1) is 23.7 Å². The molecule has 1 saturated heterocycles. The van der Waals surface area contributed by atoms with Crippen molar-refractivity contribution in [3.8, 4) is 0 Å². The highest BCUT2D eigenvalue weighted by Crippen LogP contribution is 2.51. The van der Waals surface area contributed by atoms with Crippen LogP contribution in [0.2, 0.25) is 10.0 Å². The van der Waals surface area contributed by atoms with Crippen LogP contribution in [0.25, 0.3) is 0 Å². The molecule has 25 heavy (non-hydrogen) atoms. The summed E-state index contributed by atoms with van der Waals surface area (Å²) in [5, 5.41) is 5.22. The Balaban J connectivity index is 1.68. The topological polar surface area (TPSA) is 29.1 Å². The molecule has 0 radical (unpaired) electrons. The first-order chi connectivity index (χ1) is 12.0. The van der Waals surface area contributed by atoms with Gasteiger partial charge in [0.05, 0.1) is 0 Å². The van der Waals surface area contributed by atoms with Crippen LogP contribution in [0.3, 0.4) is 0 Å². The zero-order valence-electron chi connectivity index (χ0n) is 13.7. The van der Waals surface area contributed by atoms with E-state index in [2.05, 4.69) is 23.5 Å². The first-order valence-electron chi connectivity index (χ1n) is 8.79. The summed E-state index contributed by atoms with van der Waals surface area (Å²) in [6.45, 7) is 0.782. The number of fused-ring (bicyclic) bond motifs is 1. The van der Waals surface area contributed by atoms with E-state index in [4.69, 9.17) is 34.8 Å². The lowest BCUT2D eigenvalue weighted by molar-refractivity contribution is -0.124. The SMILES string of the molecule is O=C1NC[C@H]2C[C@H](c3ccc(Cl)cc3Cl)[C@@H](C3C=CC(Cl)=CC3)C[C@@H]12. The Morgan fingerprint density at radius 1 is 1.08 bits per heavy atom. The van der Waals surface area contributed by atoms with Crippen molar-refractivity contribution in [1.29, 1.82) is 0 Å². The molecule has 132 valence electrons. The summed E-state index contributed by atoms with van der Waals surface area (Å²) < 4.78 is 0. The molecule has 1 N–H and O–H groups in total. The second-order valence-electron chi connectivity index (χ2n) is 7.37. The smallest absolute Gasteiger partial charge is 0.223 e. The van der Waals surface area contributed by atoms with Gasteiger partial charge in [0.2, 0.25) is 5.91 Å². The molecule has 0 aromatic heterocycles. The predicted octanol–water partition coefficient (Wildman–Crippen LogP) is 5.55. The van der Waals surface area contributed by atoms with Gasteiger partial charge in [-0.3, -0.25) is 4.79 Å². The Bertz CT molecular complexity index is 757. The molecule has 0 bridgehead atoms. The maximum atomic E-state index is 12.2. The number of carbonyl (C=O) groups is 1. The lowest BCUT2D eigenvalue weighted by Gasteiger charge is -2.41. The van der Waals surface area contributed by atoms with Crippen molar-refractivity contribution in [3.05, 3.63) is 57.1 Å². The Kier molecular flexibility index (Phi) is 4.87. The van der Waals surface area contributed by atoms with Crippen LogP contribution < -0.4 is 5.32 Å². The molecule has 2 nitrogen and oxygen atoms in total. The monoisotopic (exact) mass is 395 g/mol. The normalized spacial score (nSPS) is 34.4. The first-order valence-corrected chi connectivity index (χ1v) is 9.93. The van der Waals surface area contributed by atoms with Crippen LogP contribution in [-0.2, 0) is 4.79 Å². The van der Waals surface area contributed by atoms with Crippen LogP contribution in [0.1, 0.15) is 30.7 Å². The van der Waals surface area contributed by atoms with Gasteiger partial charge in [-0.25, -0.2) is 0 Å². The Hall–Kier alpha value is -0.960. The van der Waals surface area contributed by atoms with Gasteiger partial charge in [0.25, 0.3) is 0 Å². The van der Waals surface area contributed by atoms with Gasteiger partial charge in [0, 0.05) is 27.5 Å². The molecule has 4 rings (SSSR count). The lowest BCUT2D eigenvalue weighted by Crippen LogP contribution is -2.35. The first kappa shape index (κ1) is 17.5. The molecule has 1 saturated carbocycles. The number of rotatable bonds is 2. The number of hydrogen-bond donors (Lipinski definition) is 1. The summed E-state index contributed by atoms with van der Waals surface area (Å²) in [5.74, 6) is 1.83. The van der Waals surface area contributed by atoms with E-state index in [0.717, 1.165) is 41.4 Å². The van der Waals surface area contributed by atoms with Gasteiger partial charge in [-0.15, -0.1) is 0 Å². The van der Waals surface area contributed by atoms with Gasteiger partial charge in [-0.1, -0.05) is 53.0 Å². The van der Waals surface area contributed by atoms with Gasteiger partial charge in [-0.05, 0) is 66.7 Å². The summed E-state index contributed by atoms with van der Waals surface area (Å²) in [6, 6.07) is 5.80. The third-order valence-electron chi connectivity index (χ3n) is 6.04. The summed E-state index contributed by atoms with van der Waals surface area (Å²) in [7, 11) is 0. The number of carbonyl (C=O) groups excluding carboxylic acids is 1. The minimum absolute atomic E-state index is 0.127. The van der Waals surface area contributed by atoms with Crippen LogP contribution in [0.15, 0.2) is 41.5 Å². The molecule has 5 heteroatoms. The summed E-state index contributed by atoms with van der Waals surface area (Å²) in [6.07, 6.45) is 9.07. The van der Waals surface area contributed by atoms with E-state index in [1.807, 2.05) is 18.2 Å². The minimum Gasteiger partial charge on any atom is -0.356 e. The second-order valence-corrected chi connectivity index (χ2v) is 8.65. The molecule has 0 spiro atoms. The fraction of sp³-hybridized carbons (Fsp3) is 0.450. The number of amides is 1. The highest BCUT2D eigenvalue weighted by atomic mass is 35.5. The standard InChI is InChI=1S/C20H20Cl3NO/c21-13-3-1-11(2-4-13)16-9-17-12(10-24-20(17)25)7-18(16)15-6-5-14(22)8-19(15)23/h1,3-6,8,11-12,16-18H,2,7,9-10H2,(H,24,25)/t11?,12-,16-,17-,18-/m1/s1. The molecule has 1 amide bonds. The van der Waals surface area contributed by atoms with Crippen LogP contribution in [-0.4, -0.2) is 12.5 Å². The fourth-order valence-corrected chi connectivity index (χ4v) is 5.50. The average molecular weight is 397 g/mol. The number of halogens is 3. The summed E-state index contributed by atoms with van der Waals surface area (Å²) in [4.78, 5) is 12.2. The van der Waals surface area contributed by atoms with Crippen molar-refractivity contribution >= 4 is 40.7 Å². The van der Waals surface area contributed by atoms with Crippen LogP contribution >= 0.6 is 34.8 Å². The Morgan fingerprint density at radius 3 is 2.64 bits per heavy atom. The maximum Gasteiger partial charge on any atom is 0.223 e. The maximum absolute atomic E-state index is 12.2. The van der Waals surface area contributed by atoms with Crippen molar-refractivity contribution < 1.29 is 4.79 Å². The molecule has 1 heterocycles. The third-order valence-corrected chi connectivity index (χ3v) is 6.89. The molecular formula is C20H20Cl3NO. The summed E-state index contributed by atoms with van der Waals surface area (Å²) in [5.41, 5.74) is 1.16. The Labute approximate surface area is 163 Å². The highest BCUT2D eigenvalue weighted by Gasteiger charge is 2.46. The van der Waals surface area contributed by atoms with E-state index >= 15 is 0 Å². The van der Waals surface area contributed by atoms with Crippen LogP contribution in [0.5, 0.6) is 0 Å². The number of benzene rings is 1. The molecule has 1 aromatic rings. The molecule has 1 aliphatic heterocycles. The number of nitrogens with one attached hydrogen (secondary N) is 1. The zero-order valence-corrected chi connectivity index (χ0v) is 16.0. The quantitative estimate of drug-likeness (QED) is 0.698. The highest BCUT2D eigenvalue weighted by molar-refractivity contribution is 6.35. The molecular weight excluding hydrogens is 377 g/mol. The van der Waals surface area contributed by atoms with E-state index in [1.54, 1.807) is 0 Å². The van der Waals surface area contributed by atoms with E-state index in [9.17, 15) is 4.79 Å². The van der Waals surface area contributed by atoms with Gasteiger partial charge in [0.15, 0.2) is 0 Å². The molecule has 1 unspecified atom stereocenters. The largest absolute Gasteiger partial charge is 0.356 e. The van der Waals surface area contributed by atoms with E-state index in [1.165, 1.54) is 0 Å². The van der Waals surface area contributed by atoms with Gasteiger partial charge in [0.1, 0.15) is 0 Å². The van der Waals surface area contributed by atoms with Crippen molar-refractivity contribution in [3.63, 3.8) is 0 Å². The average Bonchev–Trinajstić information content (AvgIpc) is 2.95. The van der Waals surface area contributed by atoms with Crippen molar-refractivity contribution in [2.24, 2.45) is 23.7 Å². The van der Waals surface area contributed by atoms with Crippen molar-refractivity contribution in [1.82, 2.24) is 5.32 Å². The van der Waals surface area contributed by atoms with Crippen molar-refractivity contribution in [2.75, 3.05) is 6.54 Å². The van der Waals surface area contributed by atoms with E-state index < -0.39 is 0 Å². The third kappa shape index (κ3) is 3.37. The predicted molar refractivity (Wildman–Crippen MR) is 103 cm³/mol. The second kappa shape index (κ2) is 6.98. The molecule has 2 aliphatic carbocycles. The van der Waals surface area contributed by atoms with E-state index in [0.29, 0.717) is 28.7 Å². The fourth-order valence-electron chi connectivity index (χ4n) is 4.79. The van der Waals surface area contributed by atoms with Gasteiger partial charge >= 0.3 is 0 Å². The zero-order chi connectivity index (χ0) is 17.6. The molecule has 1 aromatic carbocycles. The summed E-state index contributed by atoms with van der Waals surface area (Å²) >= 11 is 18.7. The van der Waals surface area contributed by atoms with Crippen molar-refractivity contribution in [2.45, 2.75) is 25.2 Å². The molecule has 3 aliphatic rings. The molecule has 2 fully saturated rings. The van der Waals surface area contributed by atoms with Crippen LogP contribution in [0.4, 0.5) is 0 Å². The minimum atomic E-state index is 0.127. The van der Waals surface area contributed by atoms with Gasteiger partial charge in [-0.2, -0.15) is 0 Å². The molecule has 5 atom stereocenters. The van der Waals surface area contributed by atoms with Gasteiger partial charge < -0.3 is 5.32 Å². The van der Waals surface area contributed by atoms with E-state index in [-0.39, 0.29) is 11.8 Å². The lowest BCUT2D eigenvalue weighted by atomic mass is 9.62.